The molecule has 32 heavy (non-hydrogen) atoms. The van der Waals surface area contributed by atoms with Gasteiger partial charge in [-0.1, -0.05) is 12.1 Å². The van der Waals surface area contributed by atoms with Crippen molar-refractivity contribution in [2.75, 3.05) is 11.5 Å². The molecule has 1 unspecified atom stereocenters. The van der Waals surface area contributed by atoms with E-state index in [9.17, 15) is 36.2 Å². The van der Waals surface area contributed by atoms with Gasteiger partial charge in [0.15, 0.2) is 11.6 Å². The van der Waals surface area contributed by atoms with Crippen LogP contribution in [-0.4, -0.2) is 35.5 Å². The average molecular weight is 462 g/mol. The molecule has 1 saturated heterocycles. The van der Waals surface area contributed by atoms with Crippen molar-refractivity contribution in [1.82, 2.24) is 4.98 Å². The second-order valence-electron chi connectivity index (χ2n) is 7.44. The summed E-state index contributed by atoms with van der Waals surface area (Å²) >= 11 is 0. The summed E-state index contributed by atoms with van der Waals surface area (Å²) in [6, 6.07) is 4.52. The lowest BCUT2D eigenvalue weighted by atomic mass is 9.76. The maximum Gasteiger partial charge on any atom is 0.418 e. The van der Waals surface area contributed by atoms with Crippen molar-refractivity contribution in [3.63, 3.8) is 0 Å². The molecule has 4 rings (SSSR count). The molecule has 2 aliphatic rings. The lowest BCUT2D eigenvalue weighted by molar-refractivity contribution is -0.147. The summed E-state index contributed by atoms with van der Waals surface area (Å²) in [5.74, 6) is -3.59. The van der Waals surface area contributed by atoms with E-state index >= 15 is 0 Å². The van der Waals surface area contributed by atoms with Crippen LogP contribution >= 0.6 is 0 Å². The zero-order chi connectivity index (χ0) is 23.3. The number of nitrogens with zero attached hydrogens (tertiary/aromatic N) is 2. The van der Waals surface area contributed by atoms with Crippen molar-refractivity contribution in [3.8, 4) is 5.75 Å². The van der Waals surface area contributed by atoms with E-state index in [4.69, 9.17) is 4.74 Å². The van der Waals surface area contributed by atoms with Gasteiger partial charge in [-0.3, -0.25) is 0 Å². The number of aromatic nitrogens is 1. The molecule has 0 saturated carbocycles. The van der Waals surface area contributed by atoms with E-state index in [1.54, 1.807) is 6.07 Å². The van der Waals surface area contributed by atoms with Crippen LogP contribution in [0, 0.1) is 5.82 Å². The minimum Gasteiger partial charge on any atom is -0.478 e. The molecule has 1 aliphatic carbocycles. The van der Waals surface area contributed by atoms with Crippen molar-refractivity contribution in [3.05, 3.63) is 53.0 Å². The fourth-order valence-corrected chi connectivity index (χ4v) is 4.38. The van der Waals surface area contributed by atoms with Gasteiger partial charge in [0.1, 0.15) is 5.82 Å². The molecule has 1 aromatic carbocycles. The Morgan fingerprint density at radius 1 is 1.34 bits per heavy atom. The fraction of sp³-hybridized carbons (Fsp3) is 0.400. The third-order valence-electron chi connectivity index (χ3n) is 5.63. The Balaban J connectivity index is 1.94. The van der Waals surface area contributed by atoms with Crippen LogP contribution in [-0.2, 0) is 27.7 Å². The molecule has 1 spiro atoms. The number of hydrogen-bond donors (Lipinski definition) is 1. The highest BCUT2D eigenvalue weighted by Crippen LogP contribution is 2.50. The van der Waals surface area contributed by atoms with Crippen LogP contribution in [0.4, 0.5) is 32.2 Å². The Labute approximate surface area is 177 Å². The number of pyridine rings is 1. The SMILES string of the molecule is O=C(O)[C@@H]1OCC2(CCCc3c(F)cccc32)N1c1ncc(C(F)(F)F)cc1OC(F)F. The predicted molar refractivity (Wildman–Crippen MR) is 96.7 cm³/mol. The first-order valence-corrected chi connectivity index (χ1v) is 9.48. The van der Waals surface area contributed by atoms with Gasteiger partial charge < -0.3 is 19.5 Å². The molecular weight excluding hydrogens is 446 g/mol. The molecule has 0 bridgehead atoms. The first-order chi connectivity index (χ1) is 15.0. The second-order valence-corrected chi connectivity index (χ2v) is 7.44. The first kappa shape index (κ1) is 22.2. The Hall–Kier alpha value is -3.02. The number of ether oxygens (including phenoxy) is 2. The summed E-state index contributed by atoms with van der Waals surface area (Å²) in [5.41, 5.74) is -2.06. The molecule has 1 fully saturated rings. The Morgan fingerprint density at radius 3 is 2.75 bits per heavy atom. The monoisotopic (exact) mass is 462 g/mol. The lowest BCUT2D eigenvalue weighted by Gasteiger charge is -2.43. The van der Waals surface area contributed by atoms with Gasteiger partial charge in [-0.25, -0.2) is 14.2 Å². The third kappa shape index (κ3) is 3.61. The van der Waals surface area contributed by atoms with Crippen LogP contribution < -0.4 is 9.64 Å². The summed E-state index contributed by atoms with van der Waals surface area (Å²) in [6.07, 6.45) is -5.31. The number of carboxylic acids is 1. The molecule has 0 radical (unpaired) electrons. The summed E-state index contributed by atoms with van der Waals surface area (Å²) in [6.45, 7) is -3.77. The molecule has 2 atom stereocenters. The minimum absolute atomic E-state index is 0.226. The minimum atomic E-state index is -4.91. The quantitative estimate of drug-likeness (QED) is 0.683. The van der Waals surface area contributed by atoms with Gasteiger partial charge in [-0.05, 0) is 42.5 Å². The zero-order valence-corrected chi connectivity index (χ0v) is 16.2. The highest BCUT2D eigenvalue weighted by molar-refractivity contribution is 5.79. The summed E-state index contributed by atoms with van der Waals surface area (Å²) < 4.78 is 89.8. The van der Waals surface area contributed by atoms with Crippen molar-refractivity contribution in [2.45, 2.75) is 43.8 Å². The van der Waals surface area contributed by atoms with Gasteiger partial charge in [0.2, 0.25) is 6.23 Å². The van der Waals surface area contributed by atoms with Crippen molar-refractivity contribution in [1.29, 1.82) is 0 Å². The Kier molecular flexibility index (Phi) is 5.43. The van der Waals surface area contributed by atoms with E-state index in [2.05, 4.69) is 9.72 Å². The van der Waals surface area contributed by atoms with E-state index in [0.717, 1.165) is 4.90 Å². The normalized spacial score (nSPS) is 23.0. The van der Waals surface area contributed by atoms with Gasteiger partial charge >= 0.3 is 18.8 Å². The number of benzene rings is 1. The molecule has 2 aromatic rings. The van der Waals surface area contributed by atoms with Crippen LogP contribution in [0.2, 0.25) is 0 Å². The van der Waals surface area contributed by atoms with Crippen LogP contribution in [0.1, 0.15) is 29.5 Å². The number of alkyl halides is 5. The van der Waals surface area contributed by atoms with E-state index in [-0.39, 0.29) is 13.0 Å². The zero-order valence-electron chi connectivity index (χ0n) is 16.2. The summed E-state index contributed by atoms with van der Waals surface area (Å²) in [4.78, 5) is 16.6. The molecule has 12 heteroatoms. The van der Waals surface area contributed by atoms with Gasteiger partial charge in [-0.15, -0.1) is 0 Å². The Morgan fingerprint density at radius 2 is 2.09 bits per heavy atom. The maximum absolute atomic E-state index is 14.5. The Bertz CT molecular complexity index is 1050. The standard InChI is InChI=1S/C20H16F6N2O4/c21-13-5-1-4-12-11(13)3-2-6-19(12)9-31-16(17(29)30)28(19)15-14(32-18(22)23)7-10(8-27-15)20(24,25)26/h1,4-5,7-8,16,18H,2-3,6,9H2,(H,29,30)/t16-,19?/m0/s1. The number of carbonyl (C=O) groups is 1. The topological polar surface area (TPSA) is 71.9 Å². The smallest absolute Gasteiger partial charge is 0.418 e. The molecule has 1 aromatic heterocycles. The number of rotatable bonds is 4. The third-order valence-corrected chi connectivity index (χ3v) is 5.63. The lowest BCUT2D eigenvalue weighted by Crippen LogP contribution is -2.51. The first-order valence-electron chi connectivity index (χ1n) is 9.48. The summed E-state index contributed by atoms with van der Waals surface area (Å²) in [5, 5.41) is 9.68. The highest BCUT2D eigenvalue weighted by Gasteiger charge is 2.55. The van der Waals surface area contributed by atoms with Crippen LogP contribution in [0.15, 0.2) is 30.5 Å². The number of aliphatic carboxylic acids is 1. The van der Waals surface area contributed by atoms with Crippen LogP contribution in [0.25, 0.3) is 0 Å². The van der Waals surface area contributed by atoms with Crippen LogP contribution in [0.5, 0.6) is 5.75 Å². The number of carboxylic acid groups (broad SMARTS) is 1. The molecule has 1 N–H and O–H groups in total. The average Bonchev–Trinajstić information content (AvgIpc) is 3.07. The van der Waals surface area contributed by atoms with Crippen molar-refractivity contribution >= 4 is 11.8 Å². The van der Waals surface area contributed by atoms with Crippen molar-refractivity contribution in [2.24, 2.45) is 0 Å². The fourth-order valence-electron chi connectivity index (χ4n) is 4.38. The van der Waals surface area contributed by atoms with E-state index in [1.807, 2.05) is 0 Å². The molecule has 0 amide bonds. The van der Waals surface area contributed by atoms with Gasteiger partial charge in [0, 0.05) is 6.20 Å². The number of halogens is 6. The van der Waals surface area contributed by atoms with E-state index in [1.165, 1.54) is 12.1 Å². The van der Waals surface area contributed by atoms with E-state index in [0.29, 0.717) is 36.2 Å². The van der Waals surface area contributed by atoms with E-state index < -0.39 is 53.5 Å². The number of hydrogen-bond acceptors (Lipinski definition) is 5. The predicted octanol–water partition coefficient (Wildman–Crippen LogP) is 4.32. The largest absolute Gasteiger partial charge is 0.478 e. The van der Waals surface area contributed by atoms with Gasteiger partial charge in [0.05, 0.1) is 17.7 Å². The van der Waals surface area contributed by atoms with Crippen molar-refractivity contribution < 1.29 is 45.7 Å². The molecule has 172 valence electrons. The number of fused-ring (bicyclic) bond motifs is 2. The molecule has 1 aliphatic heterocycles. The number of anilines is 1. The summed E-state index contributed by atoms with van der Waals surface area (Å²) in [7, 11) is 0. The van der Waals surface area contributed by atoms with Gasteiger partial charge in [-0.2, -0.15) is 22.0 Å². The van der Waals surface area contributed by atoms with Gasteiger partial charge in [0.25, 0.3) is 0 Å². The molecular formula is C20H16F6N2O4. The maximum atomic E-state index is 14.5. The highest BCUT2D eigenvalue weighted by atomic mass is 19.4. The molecule has 6 nitrogen and oxygen atoms in total. The second kappa shape index (κ2) is 7.84. The van der Waals surface area contributed by atoms with Crippen LogP contribution in [0.3, 0.4) is 0 Å². The molecule has 2 heterocycles.